The minimum Gasteiger partial charge on any atom is -0.435 e. The number of para-hydroxylation sites is 1. The largest absolute Gasteiger partial charge is 0.435 e. The Hall–Kier alpha value is -3.13. The van der Waals surface area contributed by atoms with Crippen molar-refractivity contribution in [3.8, 4) is 17.7 Å². The highest BCUT2D eigenvalue weighted by Crippen LogP contribution is 2.30. The second-order valence-corrected chi connectivity index (χ2v) is 4.61. The van der Waals surface area contributed by atoms with Crippen LogP contribution in [-0.4, -0.2) is 9.97 Å². The maximum Gasteiger partial charge on any atom is 0.242 e. The van der Waals surface area contributed by atoms with Crippen LogP contribution in [0.1, 0.15) is 11.3 Å². The zero-order valence-corrected chi connectivity index (χ0v) is 11.4. The van der Waals surface area contributed by atoms with Crippen molar-refractivity contribution >= 4 is 16.6 Å². The first-order chi connectivity index (χ1) is 10.2. The molecule has 1 aromatic carbocycles. The Morgan fingerprint density at radius 1 is 1.24 bits per heavy atom. The van der Waals surface area contributed by atoms with E-state index in [1.807, 2.05) is 43.3 Å². The van der Waals surface area contributed by atoms with Gasteiger partial charge in [0.25, 0.3) is 0 Å². The number of benzene rings is 1. The molecule has 0 aliphatic heterocycles. The van der Waals surface area contributed by atoms with E-state index < -0.39 is 0 Å². The Morgan fingerprint density at radius 2 is 2.10 bits per heavy atom. The van der Waals surface area contributed by atoms with Crippen molar-refractivity contribution in [1.82, 2.24) is 9.97 Å². The maximum absolute atomic E-state index is 8.82. The molecule has 0 spiro atoms. The number of pyridine rings is 2. The third-order valence-corrected chi connectivity index (χ3v) is 3.04. The molecular formula is C16H12N4O. The fourth-order valence-electron chi connectivity index (χ4n) is 2.02. The smallest absolute Gasteiger partial charge is 0.242 e. The number of hydrogen-bond acceptors (Lipinski definition) is 5. The maximum atomic E-state index is 8.82. The lowest BCUT2D eigenvalue weighted by atomic mass is 10.2. The Kier molecular flexibility index (Phi) is 3.13. The SMILES string of the molecule is Cc1ccc2cccc(Oc3ncc(C#N)cc3N)c2n1. The molecule has 2 aromatic heterocycles. The molecule has 5 nitrogen and oxygen atoms in total. The molecule has 0 radical (unpaired) electrons. The van der Waals surface area contributed by atoms with E-state index in [0.717, 1.165) is 16.6 Å². The van der Waals surface area contributed by atoms with Crippen LogP contribution in [0.25, 0.3) is 10.9 Å². The second-order valence-electron chi connectivity index (χ2n) is 4.61. The third kappa shape index (κ3) is 2.47. The predicted molar refractivity (Wildman–Crippen MR) is 79.9 cm³/mol. The van der Waals surface area contributed by atoms with Gasteiger partial charge in [0.2, 0.25) is 5.88 Å². The molecule has 3 aromatic rings. The third-order valence-electron chi connectivity index (χ3n) is 3.04. The van der Waals surface area contributed by atoms with Crippen molar-refractivity contribution in [1.29, 1.82) is 5.26 Å². The van der Waals surface area contributed by atoms with E-state index in [-0.39, 0.29) is 5.88 Å². The number of anilines is 1. The normalized spacial score (nSPS) is 10.3. The van der Waals surface area contributed by atoms with E-state index >= 15 is 0 Å². The second kappa shape index (κ2) is 5.10. The summed E-state index contributed by atoms with van der Waals surface area (Å²) in [5, 5.41) is 9.80. The zero-order valence-electron chi connectivity index (χ0n) is 11.4. The highest BCUT2D eigenvalue weighted by molar-refractivity contribution is 5.85. The summed E-state index contributed by atoms with van der Waals surface area (Å²) in [6.07, 6.45) is 1.43. The minimum absolute atomic E-state index is 0.268. The Bertz CT molecular complexity index is 868. The number of aromatic nitrogens is 2. The number of ether oxygens (including phenoxy) is 1. The van der Waals surface area contributed by atoms with Crippen LogP contribution in [0.3, 0.4) is 0 Å². The number of nitrogens with two attached hydrogens (primary N) is 1. The van der Waals surface area contributed by atoms with Crippen molar-refractivity contribution in [3.05, 3.63) is 53.9 Å². The fraction of sp³-hybridized carbons (Fsp3) is 0.0625. The van der Waals surface area contributed by atoms with E-state index in [0.29, 0.717) is 17.0 Å². The molecule has 0 aliphatic rings. The van der Waals surface area contributed by atoms with Crippen LogP contribution < -0.4 is 10.5 Å². The van der Waals surface area contributed by atoms with Crippen LogP contribution in [0.2, 0.25) is 0 Å². The van der Waals surface area contributed by atoms with Gasteiger partial charge >= 0.3 is 0 Å². The Morgan fingerprint density at radius 3 is 2.86 bits per heavy atom. The number of nitrogens with zero attached hydrogens (tertiary/aromatic N) is 3. The molecule has 0 amide bonds. The summed E-state index contributed by atoms with van der Waals surface area (Å²) in [5.74, 6) is 0.852. The van der Waals surface area contributed by atoms with Gasteiger partial charge in [-0.05, 0) is 25.1 Å². The predicted octanol–water partition coefficient (Wildman–Crippen LogP) is 3.18. The van der Waals surface area contributed by atoms with Gasteiger partial charge < -0.3 is 10.5 Å². The van der Waals surface area contributed by atoms with Crippen molar-refractivity contribution in [2.24, 2.45) is 0 Å². The number of nitriles is 1. The van der Waals surface area contributed by atoms with E-state index in [1.54, 1.807) is 0 Å². The number of hydrogen-bond donors (Lipinski definition) is 1. The lowest BCUT2D eigenvalue weighted by molar-refractivity contribution is 0.469. The quantitative estimate of drug-likeness (QED) is 0.777. The van der Waals surface area contributed by atoms with Crippen LogP contribution in [0.4, 0.5) is 5.69 Å². The number of fused-ring (bicyclic) bond motifs is 1. The summed E-state index contributed by atoms with van der Waals surface area (Å²) >= 11 is 0. The molecule has 0 saturated heterocycles. The average Bonchev–Trinajstić information content (AvgIpc) is 2.49. The molecule has 0 bridgehead atoms. The van der Waals surface area contributed by atoms with E-state index in [9.17, 15) is 0 Å². The summed E-state index contributed by atoms with van der Waals surface area (Å²) in [4.78, 5) is 8.57. The van der Waals surface area contributed by atoms with Gasteiger partial charge in [-0.25, -0.2) is 9.97 Å². The monoisotopic (exact) mass is 276 g/mol. The van der Waals surface area contributed by atoms with Crippen LogP contribution >= 0.6 is 0 Å². The molecule has 0 atom stereocenters. The van der Waals surface area contributed by atoms with Gasteiger partial charge in [0, 0.05) is 17.3 Å². The molecule has 0 saturated carbocycles. The first-order valence-electron chi connectivity index (χ1n) is 6.37. The lowest BCUT2D eigenvalue weighted by Crippen LogP contribution is -1.97. The van der Waals surface area contributed by atoms with Gasteiger partial charge in [-0.15, -0.1) is 0 Å². The lowest BCUT2D eigenvalue weighted by Gasteiger charge is -2.09. The van der Waals surface area contributed by atoms with Gasteiger partial charge in [0.1, 0.15) is 11.6 Å². The first kappa shape index (κ1) is 12.9. The van der Waals surface area contributed by atoms with Crippen LogP contribution in [0.5, 0.6) is 11.6 Å². The van der Waals surface area contributed by atoms with Gasteiger partial charge in [-0.3, -0.25) is 0 Å². The zero-order chi connectivity index (χ0) is 14.8. The summed E-state index contributed by atoms with van der Waals surface area (Å²) in [6.45, 7) is 1.92. The molecule has 0 aliphatic carbocycles. The van der Waals surface area contributed by atoms with Crippen molar-refractivity contribution in [2.75, 3.05) is 5.73 Å². The number of aryl methyl sites for hydroxylation is 1. The van der Waals surface area contributed by atoms with Crippen LogP contribution in [0.15, 0.2) is 42.6 Å². The highest BCUT2D eigenvalue weighted by Gasteiger charge is 2.09. The Labute approximate surface area is 121 Å². The molecule has 2 N–H and O–H groups in total. The molecule has 21 heavy (non-hydrogen) atoms. The molecule has 3 rings (SSSR count). The summed E-state index contributed by atoms with van der Waals surface area (Å²) < 4.78 is 5.77. The van der Waals surface area contributed by atoms with Crippen molar-refractivity contribution in [3.63, 3.8) is 0 Å². The van der Waals surface area contributed by atoms with Gasteiger partial charge in [0.15, 0.2) is 5.75 Å². The summed E-state index contributed by atoms with van der Waals surface area (Å²) in [5.41, 5.74) is 8.23. The topological polar surface area (TPSA) is 84.8 Å². The van der Waals surface area contributed by atoms with E-state index in [4.69, 9.17) is 15.7 Å². The Balaban J connectivity index is 2.06. The summed E-state index contributed by atoms with van der Waals surface area (Å²) in [7, 11) is 0. The standard InChI is InChI=1S/C16H12N4O/c1-10-5-6-12-3-2-4-14(15(12)20-10)21-16-13(18)7-11(8-17)9-19-16/h2-7,9H,18H2,1H3. The van der Waals surface area contributed by atoms with Crippen LogP contribution in [-0.2, 0) is 0 Å². The molecule has 2 heterocycles. The summed E-state index contributed by atoms with van der Waals surface area (Å²) in [6, 6.07) is 13.1. The average molecular weight is 276 g/mol. The van der Waals surface area contributed by atoms with Gasteiger partial charge in [-0.2, -0.15) is 5.26 Å². The number of rotatable bonds is 2. The van der Waals surface area contributed by atoms with Gasteiger partial charge in [0.05, 0.1) is 11.3 Å². The molecular weight excluding hydrogens is 264 g/mol. The molecule has 0 unspecified atom stereocenters. The highest BCUT2D eigenvalue weighted by atomic mass is 16.5. The number of nitrogen functional groups attached to an aromatic ring is 1. The van der Waals surface area contributed by atoms with Crippen molar-refractivity contribution < 1.29 is 4.74 Å². The first-order valence-corrected chi connectivity index (χ1v) is 6.37. The van der Waals surface area contributed by atoms with Crippen LogP contribution in [0, 0.1) is 18.3 Å². The van der Waals surface area contributed by atoms with E-state index in [2.05, 4.69) is 9.97 Å². The minimum atomic E-state index is 0.268. The van der Waals surface area contributed by atoms with Crippen molar-refractivity contribution in [2.45, 2.75) is 6.92 Å². The molecule has 0 fully saturated rings. The molecule has 102 valence electrons. The molecule has 5 heteroatoms. The van der Waals surface area contributed by atoms with Gasteiger partial charge in [-0.1, -0.05) is 18.2 Å². The van der Waals surface area contributed by atoms with E-state index in [1.165, 1.54) is 12.3 Å². The fourth-order valence-corrected chi connectivity index (χ4v) is 2.02.